The Hall–Kier alpha value is 0.0500. The summed E-state index contributed by atoms with van der Waals surface area (Å²) in [6, 6.07) is 0.225. The summed E-state index contributed by atoms with van der Waals surface area (Å²) in [5.74, 6) is 0.764. The van der Waals surface area contributed by atoms with Crippen LogP contribution in [0, 0.1) is 0 Å². The number of aromatic nitrogens is 2. The largest absolute Gasteiger partial charge is 0.327 e. The Kier molecular flexibility index (Phi) is 3.23. The molecule has 0 bridgehead atoms. The molecular formula is C8H10BrIN4. The molecule has 0 saturated carbocycles. The molecule has 0 aliphatic carbocycles. The van der Waals surface area contributed by atoms with Crippen molar-refractivity contribution >= 4 is 44.5 Å². The lowest BCUT2D eigenvalue weighted by atomic mass is 10.3. The van der Waals surface area contributed by atoms with Gasteiger partial charge < -0.3 is 10.6 Å². The van der Waals surface area contributed by atoms with Crippen LogP contribution in [0.25, 0.3) is 0 Å². The van der Waals surface area contributed by atoms with Gasteiger partial charge in [-0.2, -0.15) is 0 Å². The quantitative estimate of drug-likeness (QED) is 0.464. The third-order valence-electron chi connectivity index (χ3n) is 2.22. The van der Waals surface area contributed by atoms with Gasteiger partial charge in [-0.25, -0.2) is 9.97 Å². The predicted molar refractivity (Wildman–Crippen MR) is 67.5 cm³/mol. The summed E-state index contributed by atoms with van der Waals surface area (Å²) in [4.78, 5) is 10.6. The highest BCUT2D eigenvalue weighted by atomic mass is 127. The van der Waals surface area contributed by atoms with E-state index in [4.69, 9.17) is 5.73 Å². The number of anilines is 1. The van der Waals surface area contributed by atoms with E-state index in [1.807, 2.05) is 0 Å². The molecule has 2 unspecified atom stereocenters. The molecule has 0 radical (unpaired) electrons. The molecule has 14 heavy (non-hydrogen) atoms. The van der Waals surface area contributed by atoms with Gasteiger partial charge in [-0.3, -0.25) is 0 Å². The second kappa shape index (κ2) is 4.28. The lowest BCUT2D eigenvalue weighted by Crippen LogP contribution is -2.35. The van der Waals surface area contributed by atoms with Gasteiger partial charge in [0.25, 0.3) is 0 Å². The molecule has 1 aromatic heterocycles. The van der Waals surface area contributed by atoms with Crippen LogP contribution >= 0.6 is 38.5 Å². The SMILES string of the molecule is NC1CCN(c2ncc(Br)cn2)C1I. The van der Waals surface area contributed by atoms with E-state index >= 15 is 0 Å². The zero-order chi connectivity index (χ0) is 10.1. The average Bonchev–Trinajstić information content (AvgIpc) is 2.50. The molecule has 76 valence electrons. The molecular weight excluding hydrogens is 359 g/mol. The molecule has 2 rings (SSSR count). The minimum atomic E-state index is 0.225. The molecule has 6 heteroatoms. The Labute approximate surface area is 105 Å². The molecule has 2 N–H and O–H groups in total. The van der Waals surface area contributed by atoms with E-state index in [0.717, 1.165) is 23.4 Å². The van der Waals surface area contributed by atoms with Crippen molar-refractivity contribution in [1.29, 1.82) is 0 Å². The van der Waals surface area contributed by atoms with Gasteiger partial charge in [0.2, 0.25) is 5.95 Å². The minimum absolute atomic E-state index is 0.225. The highest BCUT2D eigenvalue weighted by Crippen LogP contribution is 2.25. The van der Waals surface area contributed by atoms with E-state index in [-0.39, 0.29) is 6.04 Å². The fourth-order valence-electron chi connectivity index (χ4n) is 1.44. The monoisotopic (exact) mass is 368 g/mol. The summed E-state index contributed by atoms with van der Waals surface area (Å²) in [6.07, 6.45) is 4.53. The van der Waals surface area contributed by atoms with Crippen molar-refractivity contribution in [3.8, 4) is 0 Å². The zero-order valence-corrected chi connectivity index (χ0v) is 11.1. The van der Waals surface area contributed by atoms with Gasteiger partial charge in [-0.15, -0.1) is 0 Å². The van der Waals surface area contributed by atoms with Gasteiger partial charge in [0.1, 0.15) is 0 Å². The molecule has 1 aliphatic rings. The van der Waals surface area contributed by atoms with Crippen LogP contribution in [0.1, 0.15) is 6.42 Å². The van der Waals surface area contributed by atoms with Crippen molar-refractivity contribution < 1.29 is 0 Å². The van der Waals surface area contributed by atoms with Crippen molar-refractivity contribution in [3.63, 3.8) is 0 Å². The molecule has 1 fully saturated rings. The van der Waals surface area contributed by atoms with Crippen molar-refractivity contribution in [3.05, 3.63) is 16.9 Å². The molecule has 1 aliphatic heterocycles. The van der Waals surface area contributed by atoms with Gasteiger partial charge in [-0.1, -0.05) is 22.6 Å². The smallest absolute Gasteiger partial charge is 0.226 e. The first-order chi connectivity index (χ1) is 6.68. The first-order valence-electron chi connectivity index (χ1n) is 4.32. The normalized spacial score (nSPS) is 26.9. The number of hydrogen-bond acceptors (Lipinski definition) is 4. The summed E-state index contributed by atoms with van der Waals surface area (Å²) in [6.45, 7) is 0.941. The Morgan fingerprint density at radius 3 is 2.64 bits per heavy atom. The molecule has 0 amide bonds. The minimum Gasteiger partial charge on any atom is -0.327 e. The summed E-state index contributed by atoms with van der Waals surface area (Å²) in [7, 11) is 0. The van der Waals surface area contributed by atoms with Crippen molar-refractivity contribution in [2.24, 2.45) is 5.73 Å². The van der Waals surface area contributed by atoms with Crippen LogP contribution in [-0.4, -0.2) is 26.6 Å². The number of rotatable bonds is 1. The van der Waals surface area contributed by atoms with Crippen LogP contribution in [0.15, 0.2) is 16.9 Å². The second-order valence-corrected chi connectivity index (χ2v) is 5.41. The maximum Gasteiger partial charge on any atom is 0.226 e. The van der Waals surface area contributed by atoms with Crippen LogP contribution < -0.4 is 10.6 Å². The number of hydrogen-bond donors (Lipinski definition) is 1. The summed E-state index contributed by atoms with van der Waals surface area (Å²) in [5.41, 5.74) is 5.92. The number of nitrogens with zero attached hydrogens (tertiary/aromatic N) is 3. The van der Waals surface area contributed by atoms with E-state index < -0.39 is 0 Å². The summed E-state index contributed by atoms with van der Waals surface area (Å²) >= 11 is 5.65. The van der Waals surface area contributed by atoms with Crippen LogP contribution in [0.3, 0.4) is 0 Å². The second-order valence-electron chi connectivity index (χ2n) is 3.22. The fourth-order valence-corrected chi connectivity index (χ4v) is 2.54. The van der Waals surface area contributed by atoms with Crippen LogP contribution in [-0.2, 0) is 0 Å². The molecule has 4 nitrogen and oxygen atoms in total. The number of halogens is 2. The number of alkyl halides is 1. The van der Waals surface area contributed by atoms with Gasteiger partial charge in [0, 0.05) is 25.0 Å². The van der Waals surface area contributed by atoms with Crippen molar-refractivity contribution in [2.45, 2.75) is 16.5 Å². The van der Waals surface area contributed by atoms with Gasteiger partial charge in [0.05, 0.1) is 8.52 Å². The van der Waals surface area contributed by atoms with E-state index in [2.05, 4.69) is 53.4 Å². The Morgan fingerprint density at radius 2 is 2.14 bits per heavy atom. The molecule has 1 aromatic rings. The fraction of sp³-hybridized carbons (Fsp3) is 0.500. The molecule has 0 spiro atoms. The Bertz CT molecular complexity index is 318. The van der Waals surface area contributed by atoms with Gasteiger partial charge in [0.15, 0.2) is 0 Å². The first kappa shape index (κ1) is 10.6. The topological polar surface area (TPSA) is 55.0 Å². The van der Waals surface area contributed by atoms with Crippen LogP contribution in [0.2, 0.25) is 0 Å². The summed E-state index contributed by atoms with van der Waals surface area (Å²) < 4.78 is 1.20. The number of nitrogens with two attached hydrogens (primary N) is 1. The highest BCUT2D eigenvalue weighted by molar-refractivity contribution is 14.1. The molecule has 0 aromatic carbocycles. The lowest BCUT2D eigenvalue weighted by molar-refractivity contribution is 0.733. The van der Waals surface area contributed by atoms with E-state index in [9.17, 15) is 0 Å². The molecule has 2 heterocycles. The lowest BCUT2D eigenvalue weighted by Gasteiger charge is -2.21. The zero-order valence-electron chi connectivity index (χ0n) is 7.40. The van der Waals surface area contributed by atoms with Crippen LogP contribution in [0.4, 0.5) is 5.95 Å². The van der Waals surface area contributed by atoms with E-state index in [0.29, 0.717) is 4.05 Å². The highest BCUT2D eigenvalue weighted by Gasteiger charge is 2.30. The van der Waals surface area contributed by atoms with E-state index in [1.54, 1.807) is 12.4 Å². The Morgan fingerprint density at radius 1 is 1.50 bits per heavy atom. The van der Waals surface area contributed by atoms with Crippen molar-refractivity contribution in [2.75, 3.05) is 11.4 Å². The predicted octanol–water partition coefficient (Wildman–Crippen LogP) is 1.54. The average molecular weight is 369 g/mol. The maximum atomic E-state index is 5.92. The third-order valence-corrected chi connectivity index (χ3v) is 4.22. The standard InChI is InChI=1S/C8H10BrIN4/c9-5-3-12-8(13-4-5)14-2-1-6(11)7(14)10/h3-4,6-7H,1-2,11H2. The van der Waals surface area contributed by atoms with Gasteiger partial charge >= 0.3 is 0 Å². The third kappa shape index (κ3) is 2.01. The first-order valence-corrected chi connectivity index (χ1v) is 6.36. The molecule has 1 saturated heterocycles. The van der Waals surface area contributed by atoms with Crippen molar-refractivity contribution in [1.82, 2.24) is 9.97 Å². The van der Waals surface area contributed by atoms with Crippen LogP contribution in [0.5, 0.6) is 0 Å². The van der Waals surface area contributed by atoms with Gasteiger partial charge in [-0.05, 0) is 22.4 Å². The summed E-state index contributed by atoms with van der Waals surface area (Å²) in [5, 5.41) is 0. The Balaban J connectivity index is 2.19. The van der Waals surface area contributed by atoms with E-state index in [1.165, 1.54) is 0 Å². The molecule has 2 atom stereocenters. The maximum absolute atomic E-state index is 5.92.